The predicted octanol–water partition coefficient (Wildman–Crippen LogP) is 2.69. The molecule has 26 heavy (non-hydrogen) atoms. The molecular formula is C20H28N4O2. The van der Waals surface area contributed by atoms with Crippen LogP contribution >= 0.6 is 0 Å². The summed E-state index contributed by atoms with van der Waals surface area (Å²) in [6.07, 6.45) is 6.37. The highest BCUT2D eigenvalue weighted by Crippen LogP contribution is 2.19. The van der Waals surface area contributed by atoms with Gasteiger partial charge in [-0.05, 0) is 44.2 Å². The van der Waals surface area contributed by atoms with E-state index in [0.29, 0.717) is 26.0 Å². The van der Waals surface area contributed by atoms with Crippen molar-refractivity contribution in [3.8, 4) is 5.75 Å². The highest BCUT2D eigenvalue weighted by Gasteiger charge is 2.15. The van der Waals surface area contributed by atoms with Crippen LogP contribution in [-0.2, 0) is 30.6 Å². The fourth-order valence-electron chi connectivity index (χ4n) is 3.37. The Kier molecular flexibility index (Phi) is 6.63. The van der Waals surface area contributed by atoms with Crippen molar-refractivity contribution < 1.29 is 9.53 Å². The average Bonchev–Trinajstić information content (AvgIpc) is 3.08. The third-order valence-corrected chi connectivity index (χ3v) is 4.73. The molecule has 1 aromatic heterocycles. The maximum Gasteiger partial charge on any atom is 0.220 e. The molecule has 1 N–H and O–H groups in total. The van der Waals surface area contributed by atoms with Gasteiger partial charge in [0.15, 0.2) is 0 Å². The van der Waals surface area contributed by atoms with Crippen LogP contribution in [0.3, 0.4) is 0 Å². The summed E-state index contributed by atoms with van der Waals surface area (Å²) in [6, 6.07) is 7.91. The Labute approximate surface area is 155 Å². The van der Waals surface area contributed by atoms with Gasteiger partial charge in [-0.3, -0.25) is 4.79 Å². The molecule has 1 aliphatic heterocycles. The summed E-state index contributed by atoms with van der Waals surface area (Å²) in [5, 5.41) is 11.6. The Balaban J connectivity index is 1.38. The number of benzene rings is 1. The van der Waals surface area contributed by atoms with Gasteiger partial charge in [0.2, 0.25) is 5.91 Å². The molecule has 0 saturated carbocycles. The Bertz CT molecular complexity index is 726. The lowest BCUT2D eigenvalue weighted by molar-refractivity contribution is -0.121. The number of rotatable bonds is 9. The van der Waals surface area contributed by atoms with Gasteiger partial charge < -0.3 is 14.6 Å². The minimum absolute atomic E-state index is 0.0829. The number of aromatic nitrogens is 3. The molecule has 0 saturated heterocycles. The van der Waals surface area contributed by atoms with E-state index in [2.05, 4.69) is 20.1 Å². The number of amides is 1. The zero-order valence-electron chi connectivity index (χ0n) is 15.5. The molecule has 0 spiro atoms. The lowest BCUT2D eigenvalue weighted by Crippen LogP contribution is -2.25. The Hall–Kier alpha value is -2.37. The summed E-state index contributed by atoms with van der Waals surface area (Å²) in [7, 11) is 0. The van der Waals surface area contributed by atoms with E-state index in [0.717, 1.165) is 48.8 Å². The first-order valence-corrected chi connectivity index (χ1v) is 9.66. The van der Waals surface area contributed by atoms with Crippen LogP contribution in [-0.4, -0.2) is 33.8 Å². The fourth-order valence-corrected chi connectivity index (χ4v) is 3.37. The monoisotopic (exact) mass is 356 g/mol. The van der Waals surface area contributed by atoms with Crippen LogP contribution in [0.5, 0.6) is 5.75 Å². The third kappa shape index (κ3) is 4.84. The first kappa shape index (κ1) is 18.4. The van der Waals surface area contributed by atoms with E-state index >= 15 is 0 Å². The average molecular weight is 356 g/mol. The normalized spacial score (nSPS) is 13.3. The second-order valence-corrected chi connectivity index (χ2v) is 6.64. The molecule has 0 aliphatic carbocycles. The van der Waals surface area contributed by atoms with E-state index in [4.69, 9.17) is 4.74 Å². The maximum absolute atomic E-state index is 12.1. The van der Waals surface area contributed by atoms with Crippen molar-refractivity contribution >= 4 is 5.91 Å². The van der Waals surface area contributed by atoms with Crippen LogP contribution in [0.4, 0.5) is 0 Å². The number of ether oxygens (including phenoxy) is 1. The van der Waals surface area contributed by atoms with Crippen molar-refractivity contribution in [2.45, 2.75) is 58.4 Å². The van der Waals surface area contributed by atoms with Crippen LogP contribution in [0.2, 0.25) is 0 Å². The number of fused-ring (bicyclic) bond motifs is 1. The summed E-state index contributed by atoms with van der Waals surface area (Å²) in [4.78, 5) is 12.1. The molecule has 0 fully saturated rings. The number of para-hydroxylation sites is 1. The van der Waals surface area contributed by atoms with Gasteiger partial charge >= 0.3 is 0 Å². The van der Waals surface area contributed by atoms with Crippen molar-refractivity contribution in [3.05, 3.63) is 41.5 Å². The number of carbonyl (C=O) groups is 1. The number of hydrogen-bond acceptors (Lipinski definition) is 4. The number of hydrogen-bond donors (Lipinski definition) is 1. The lowest BCUT2D eigenvalue weighted by Gasteiger charge is -2.14. The molecule has 3 rings (SSSR count). The van der Waals surface area contributed by atoms with Crippen LogP contribution < -0.4 is 10.1 Å². The fraction of sp³-hybridized carbons (Fsp3) is 0.550. The first-order chi connectivity index (χ1) is 12.8. The summed E-state index contributed by atoms with van der Waals surface area (Å²) in [5.74, 6) is 3.13. The number of nitrogens with zero attached hydrogens (tertiary/aromatic N) is 3. The van der Waals surface area contributed by atoms with Gasteiger partial charge in [0.25, 0.3) is 0 Å². The van der Waals surface area contributed by atoms with E-state index < -0.39 is 0 Å². The van der Waals surface area contributed by atoms with E-state index in [-0.39, 0.29) is 5.91 Å². The standard InChI is InChI=1S/C20H28N4O2/c1-2-26-17-9-4-3-8-16(17)12-13-20(25)21-14-7-11-19-23-22-18-10-5-6-15-24(18)19/h3-4,8-9H,2,5-7,10-15H2,1H3,(H,21,25). The SMILES string of the molecule is CCOc1ccccc1CCC(=O)NCCCc1nnc2n1CCCC2. The van der Waals surface area contributed by atoms with Gasteiger partial charge in [0.05, 0.1) is 6.61 Å². The maximum atomic E-state index is 12.1. The highest BCUT2D eigenvalue weighted by molar-refractivity contribution is 5.76. The Morgan fingerprint density at radius 3 is 3.00 bits per heavy atom. The van der Waals surface area contributed by atoms with Gasteiger partial charge in [0.1, 0.15) is 17.4 Å². The van der Waals surface area contributed by atoms with E-state index in [9.17, 15) is 4.79 Å². The Morgan fingerprint density at radius 2 is 2.12 bits per heavy atom. The molecule has 2 heterocycles. The lowest BCUT2D eigenvalue weighted by atomic mass is 10.1. The molecular weight excluding hydrogens is 328 g/mol. The van der Waals surface area contributed by atoms with Crippen LogP contribution in [0.1, 0.15) is 49.8 Å². The van der Waals surface area contributed by atoms with Gasteiger partial charge in [-0.1, -0.05) is 18.2 Å². The predicted molar refractivity (Wildman–Crippen MR) is 100 cm³/mol. The van der Waals surface area contributed by atoms with E-state index in [1.165, 1.54) is 12.8 Å². The molecule has 2 aromatic rings. The van der Waals surface area contributed by atoms with Crippen LogP contribution in [0.15, 0.2) is 24.3 Å². The number of carbonyl (C=O) groups excluding carboxylic acids is 1. The van der Waals surface area contributed by atoms with Crippen molar-refractivity contribution in [3.63, 3.8) is 0 Å². The third-order valence-electron chi connectivity index (χ3n) is 4.73. The summed E-state index contributed by atoms with van der Waals surface area (Å²) in [5.41, 5.74) is 1.08. The smallest absolute Gasteiger partial charge is 0.220 e. The quantitative estimate of drug-likeness (QED) is 0.702. The molecule has 140 valence electrons. The van der Waals surface area contributed by atoms with Gasteiger partial charge in [0, 0.05) is 32.4 Å². The molecule has 6 nitrogen and oxygen atoms in total. The van der Waals surface area contributed by atoms with Crippen molar-refractivity contribution in [2.75, 3.05) is 13.2 Å². The molecule has 0 bridgehead atoms. The summed E-state index contributed by atoms with van der Waals surface area (Å²) in [6.45, 7) is 4.31. The minimum Gasteiger partial charge on any atom is -0.494 e. The first-order valence-electron chi connectivity index (χ1n) is 9.66. The molecule has 1 aliphatic rings. The molecule has 1 aromatic carbocycles. The van der Waals surface area contributed by atoms with Gasteiger partial charge in [-0.2, -0.15) is 0 Å². The minimum atomic E-state index is 0.0829. The van der Waals surface area contributed by atoms with Crippen molar-refractivity contribution in [1.29, 1.82) is 0 Å². The van der Waals surface area contributed by atoms with Gasteiger partial charge in [-0.25, -0.2) is 0 Å². The second-order valence-electron chi connectivity index (χ2n) is 6.64. The number of aryl methyl sites for hydroxylation is 3. The topological polar surface area (TPSA) is 69.0 Å². The number of nitrogens with one attached hydrogen (secondary N) is 1. The van der Waals surface area contributed by atoms with Crippen LogP contribution in [0.25, 0.3) is 0 Å². The van der Waals surface area contributed by atoms with Gasteiger partial charge in [-0.15, -0.1) is 10.2 Å². The Morgan fingerprint density at radius 1 is 1.23 bits per heavy atom. The van der Waals surface area contributed by atoms with E-state index in [1.807, 2.05) is 31.2 Å². The molecule has 0 atom stereocenters. The van der Waals surface area contributed by atoms with Crippen molar-refractivity contribution in [1.82, 2.24) is 20.1 Å². The second kappa shape index (κ2) is 9.36. The zero-order valence-corrected chi connectivity index (χ0v) is 15.5. The summed E-state index contributed by atoms with van der Waals surface area (Å²) < 4.78 is 7.85. The molecule has 0 radical (unpaired) electrons. The molecule has 6 heteroatoms. The molecule has 1 amide bonds. The summed E-state index contributed by atoms with van der Waals surface area (Å²) >= 11 is 0. The van der Waals surface area contributed by atoms with Crippen LogP contribution in [0, 0.1) is 0 Å². The van der Waals surface area contributed by atoms with E-state index in [1.54, 1.807) is 0 Å². The highest BCUT2D eigenvalue weighted by atomic mass is 16.5. The molecule has 0 unspecified atom stereocenters. The zero-order chi connectivity index (χ0) is 18.2. The van der Waals surface area contributed by atoms with Crippen molar-refractivity contribution in [2.24, 2.45) is 0 Å². The largest absolute Gasteiger partial charge is 0.494 e.